The Morgan fingerprint density at radius 2 is 1.74 bits per heavy atom. The van der Waals surface area contributed by atoms with Crippen LogP contribution in [0.4, 0.5) is 11.4 Å². The summed E-state index contributed by atoms with van der Waals surface area (Å²) in [6, 6.07) is 20.0. The highest BCUT2D eigenvalue weighted by Crippen LogP contribution is 2.34. The zero-order valence-corrected chi connectivity index (χ0v) is 21.4. The van der Waals surface area contributed by atoms with Crippen molar-refractivity contribution < 1.29 is 9.59 Å². The van der Waals surface area contributed by atoms with Gasteiger partial charge in [0.25, 0.3) is 0 Å². The van der Waals surface area contributed by atoms with Crippen molar-refractivity contribution in [2.45, 2.75) is 39.2 Å². The third-order valence-electron chi connectivity index (χ3n) is 6.43. The monoisotopic (exact) mass is 489 g/mol. The van der Waals surface area contributed by atoms with Crippen molar-refractivity contribution in [2.75, 3.05) is 30.9 Å². The second-order valence-electron chi connectivity index (χ2n) is 9.36. The summed E-state index contributed by atoms with van der Waals surface area (Å²) in [5.41, 5.74) is 7.14. The lowest BCUT2D eigenvalue weighted by Crippen LogP contribution is -2.30. The Kier molecular flexibility index (Phi) is 7.89. The van der Waals surface area contributed by atoms with Crippen LogP contribution in [0.2, 0.25) is 5.02 Å². The quantitative estimate of drug-likeness (QED) is 0.466. The zero-order chi connectivity index (χ0) is 24.9. The van der Waals surface area contributed by atoms with Gasteiger partial charge in [0.05, 0.1) is 6.54 Å². The van der Waals surface area contributed by atoms with Gasteiger partial charge in [0, 0.05) is 35.3 Å². The van der Waals surface area contributed by atoms with E-state index in [2.05, 4.69) is 28.4 Å². The molecule has 1 heterocycles. The van der Waals surface area contributed by atoms with E-state index in [1.807, 2.05) is 61.5 Å². The topological polar surface area (TPSA) is 52.7 Å². The highest BCUT2D eigenvalue weighted by molar-refractivity contribution is 6.30. The molecule has 0 spiro atoms. The average molecular weight is 490 g/mol. The Hall–Kier alpha value is -3.15. The van der Waals surface area contributed by atoms with Crippen molar-refractivity contribution in [3.05, 3.63) is 82.4 Å². The Morgan fingerprint density at radius 3 is 2.51 bits per heavy atom. The molecule has 0 saturated heterocycles. The second kappa shape index (κ2) is 11.1. The highest BCUT2D eigenvalue weighted by Gasteiger charge is 2.21. The van der Waals surface area contributed by atoms with E-state index in [1.54, 1.807) is 6.92 Å². The summed E-state index contributed by atoms with van der Waals surface area (Å²) >= 11 is 6.24. The fourth-order valence-electron chi connectivity index (χ4n) is 4.62. The number of benzene rings is 3. The molecule has 6 heteroatoms. The Balaban J connectivity index is 1.62. The van der Waals surface area contributed by atoms with Gasteiger partial charge in [-0.25, -0.2) is 0 Å². The molecule has 182 valence electrons. The van der Waals surface area contributed by atoms with Gasteiger partial charge in [0.2, 0.25) is 11.8 Å². The van der Waals surface area contributed by atoms with Crippen LogP contribution in [0, 0.1) is 0 Å². The number of fused-ring (bicyclic) bond motifs is 2. The molecule has 0 radical (unpaired) electrons. The summed E-state index contributed by atoms with van der Waals surface area (Å²) in [5.74, 6) is 0.0146. The largest absolute Gasteiger partial charge is 0.326 e. The summed E-state index contributed by atoms with van der Waals surface area (Å²) in [6.45, 7) is 2.97. The minimum atomic E-state index is -0.00258. The maximum atomic E-state index is 12.6. The van der Waals surface area contributed by atoms with Gasteiger partial charge >= 0.3 is 0 Å². The third kappa shape index (κ3) is 6.11. The minimum absolute atomic E-state index is 0.00258. The van der Waals surface area contributed by atoms with Crippen molar-refractivity contribution in [2.24, 2.45) is 0 Å². The predicted molar refractivity (Wildman–Crippen MR) is 144 cm³/mol. The lowest BCUT2D eigenvalue weighted by atomic mass is 9.92. The van der Waals surface area contributed by atoms with Gasteiger partial charge in [0.1, 0.15) is 0 Å². The molecule has 0 unspecified atom stereocenters. The van der Waals surface area contributed by atoms with Crippen molar-refractivity contribution in [3.63, 3.8) is 0 Å². The molecule has 0 saturated carbocycles. The molecule has 0 bridgehead atoms. The van der Waals surface area contributed by atoms with Gasteiger partial charge in [-0.2, -0.15) is 0 Å². The van der Waals surface area contributed by atoms with Gasteiger partial charge in [-0.1, -0.05) is 41.9 Å². The number of carbonyl (C=O) groups excluding carboxylic acids is 2. The Bertz CT molecular complexity index is 1240. The maximum absolute atomic E-state index is 12.6. The molecule has 1 N–H and O–H groups in total. The molecule has 0 atom stereocenters. The number of aryl methyl sites for hydroxylation is 2. The number of hydrogen-bond donors (Lipinski definition) is 1. The fourth-order valence-corrected chi connectivity index (χ4v) is 4.82. The fraction of sp³-hybridized carbons (Fsp3) is 0.310. The summed E-state index contributed by atoms with van der Waals surface area (Å²) in [5, 5.41) is 3.78. The van der Waals surface area contributed by atoms with Crippen LogP contribution >= 0.6 is 11.6 Å². The number of anilines is 2. The first-order valence-corrected chi connectivity index (χ1v) is 12.4. The molecule has 3 aromatic carbocycles. The van der Waals surface area contributed by atoms with E-state index < -0.39 is 0 Å². The molecule has 4 rings (SSSR count). The summed E-state index contributed by atoms with van der Waals surface area (Å²) in [4.78, 5) is 29.1. The SMILES string of the molecule is CC(=O)N1Cc2cc(-c3ccccc3NC(=O)CCCN(C)C)ccc2CCc2cc(Cl)ccc21. The van der Waals surface area contributed by atoms with Crippen LogP contribution in [-0.4, -0.2) is 37.4 Å². The number of nitrogens with one attached hydrogen (secondary N) is 1. The van der Waals surface area contributed by atoms with Crippen LogP contribution in [0.1, 0.15) is 36.5 Å². The van der Waals surface area contributed by atoms with E-state index in [4.69, 9.17) is 11.6 Å². The summed E-state index contributed by atoms with van der Waals surface area (Å²) in [7, 11) is 4.02. The van der Waals surface area contributed by atoms with Crippen molar-refractivity contribution >= 4 is 34.8 Å². The van der Waals surface area contributed by atoms with Crippen LogP contribution in [0.3, 0.4) is 0 Å². The van der Waals surface area contributed by atoms with E-state index in [9.17, 15) is 9.59 Å². The number of rotatable bonds is 6. The maximum Gasteiger partial charge on any atom is 0.224 e. The second-order valence-corrected chi connectivity index (χ2v) is 9.80. The van der Waals surface area contributed by atoms with Gasteiger partial charge in [-0.3, -0.25) is 9.59 Å². The minimum Gasteiger partial charge on any atom is -0.326 e. The zero-order valence-electron chi connectivity index (χ0n) is 20.6. The first-order chi connectivity index (χ1) is 16.8. The van der Waals surface area contributed by atoms with Crippen LogP contribution in [-0.2, 0) is 29.0 Å². The van der Waals surface area contributed by atoms with E-state index in [-0.39, 0.29) is 11.8 Å². The number of nitrogens with zero attached hydrogens (tertiary/aromatic N) is 2. The van der Waals surface area contributed by atoms with E-state index in [0.717, 1.165) is 59.4 Å². The number of carbonyl (C=O) groups is 2. The van der Waals surface area contributed by atoms with Gasteiger partial charge in [-0.15, -0.1) is 0 Å². The normalized spacial score (nSPS) is 13.0. The molecule has 1 aliphatic heterocycles. The van der Waals surface area contributed by atoms with Crippen LogP contribution in [0.25, 0.3) is 11.1 Å². The average Bonchev–Trinajstić information content (AvgIpc) is 2.80. The lowest BCUT2D eigenvalue weighted by molar-refractivity contribution is -0.117. The van der Waals surface area contributed by atoms with Gasteiger partial charge in [-0.05, 0) is 92.5 Å². The molecular formula is C29H32ClN3O2. The van der Waals surface area contributed by atoms with Crippen LogP contribution in [0.5, 0.6) is 0 Å². The van der Waals surface area contributed by atoms with E-state index >= 15 is 0 Å². The number of para-hydroxylation sites is 1. The number of amides is 2. The Labute approximate surface area is 212 Å². The van der Waals surface area contributed by atoms with Crippen molar-refractivity contribution in [1.82, 2.24) is 4.90 Å². The van der Waals surface area contributed by atoms with Crippen LogP contribution < -0.4 is 10.2 Å². The smallest absolute Gasteiger partial charge is 0.224 e. The molecular weight excluding hydrogens is 458 g/mol. The first kappa shape index (κ1) is 25.0. The molecule has 0 aliphatic carbocycles. The standard InChI is InChI=1S/C29H32ClN3O2/c1-20(34)33-19-24-17-22(12-10-21(24)11-13-23-18-25(30)14-15-28(23)33)26-7-4-5-8-27(26)31-29(35)9-6-16-32(2)3/h4-5,7-8,10,12,14-15,17-18H,6,9,11,13,16,19H2,1-3H3,(H,31,35). The molecule has 5 nitrogen and oxygen atoms in total. The molecule has 3 aromatic rings. The summed E-state index contributed by atoms with van der Waals surface area (Å²) in [6.07, 6.45) is 2.98. The molecule has 1 aliphatic rings. The van der Waals surface area contributed by atoms with Crippen LogP contribution in [0.15, 0.2) is 60.7 Å². The summed E-state index contributed by atoms with van der Waals surface area (Å²) < 4.78 is 0. The molecule has 35 heavy (non-hydrogen) atoms. The Morgan fingerprint density at radius 1 is 0.971 bits per heavy atom. The highest BCUT2D eigenvalue weighted by atomic mass is 35.5. The van der Waals surface area contributed by atoms with Gasteiger partial charge in [0.15, 0.2) is 0 Å². The first-order valence-electron chi connectivity index (χ1n) is 12.0. The van der Waals surface area contributed by atoms with E-state index in [0.29, 0.717) is 18.0 Å². The van der Waals surface area contributed by atoms with Crippen molar-refractivity contribution in [3.8, 4) is 11.1 Å². The number of hydrogen-bond acceptors (Lipinski definition) is 3. The molecule has 0 fully saturated rings. The lowest BCUT2D eigenvalue weighted by Gasteiger charge is -2.28. The number of halogens is 1. The van der Waals surface area contributed by atoms with Crippen molar-refractivity contribution in [1.29, 1.82) is 0 Å². The van der Waals surface area contributed by atoms with Gasteiger partial charge < -0.3 is 15.1 Å². The molecule has 2 amide bonds. The predicted octanol–water partition coefficient (Wildman–Crippen LogP) is 5.94. The molecule has 0 aromatic heterocycles. The van der Waals surface area contributed by atoms with E-state index in [1.165, 1.54) is 5.56 Å². The third-order valence-corrected chi connectivity index (χ3v) is 6.67.